The van der Waals surface area contributed by atoms with Gasteiger partial charge in [-0.15, -0.1) is 0 Å². The van der Waals surface area contributed by atoms with Gasteiger partial charge in [0.1, 0.15) is 23.3 Å². The quantitative estimate of drug-likeness (QED) is 0.559. The first-order valence-electron chi connectivity index (χ1n) is 12.3. The van der Waals surface area contributed by atoms with Crippen LogP contribution in [0.3, 0.4) is 0 Å². The van der Waals surface area contributed by atoms with Crippen LogP contribution in [0.2, 0.25) is 0 Å². The predicted molar refractivity (Wildman–Crippen MR) is 135 cm³/mol. The number of nitriles is 1. The molecule has 1 N–H and O–H groups in total. The average Bonchev–Trinajstić information content (AvgIpc) is 3.50. The van der Waals surface area contributed by atoms with E-state index in [1.807, 2.05) is 18.7 Å². The number of hydrogen-bond donors (Lipinski definition) is 1. The van der Waals surface area contributed by atoms with E-state index in [0.29, 0.717) is 48.4 Å². The third-order valence-corrected chi connectivity index (χ3v) is 7.89. The van der Waals surface area contributed by atoms with E-state index in [2.05, 4.69) is 22.5 Å². The maximum absolute atomic E-state index is 14.5. The largest absolute Gasteiger partial charge is 0.370 e. The maximum atomic E-state index is 14.5. The van der Waals surface area contributed by atoms with E-state index in [4.69, 9.17) is 9.72 Å². The number of halogens is 1. The van der Waals surface area contributed by atoms with Crippen molar-refractivity contribution in [2.24, 2.45) is 5.41 Å². The van der Waals surface area contributed by atoms with E-state index in [1.165, 1.54) is 12.1 Å². The molecule has 0 atom stereocenters. The Hall–Kier alpha value is -3.70. The number of carbonyl (C=O) groups excluding carboxylic acids is 1. The third kappa shape index (κ3) is 3.41. The number of rotatable bonds is 3. The summed E-state index contributed by atoms with van der Waals surface area (Å²) in [5, 5.41) is 10.9. The topological polar surface area (TPSA) is 85.3 Å². The Morgan fingerprint density at radius 3 is 2.86 bits per heavy atom. The fraction of sp³-hybridized carbons (Fsp3) is 0.393. The fourth-order valence-corrected chi connectivity index (χ4v) is 6.07. The van der Waals surface area contributed by atoms with E-state index in [1.54, 1.807) is 18.3 Å². The number of likely N-dealkylation sites (tertiary alicyclic amines) is 1. The van der Waals surface area contributed by atoms with Gasteiger partial charge in [0.25, 0.3) is 0 Å². The molecule has 1 spiro atoms. The summed E-state index contributed by atoms with van der Waals surface area (Å²) >= 11 is 0. The molecule has 5 heterocycles. The highest BCUT2D eigenvalue weighted by atomic mass is 19.1. The number of aromatic nitrogens is 2. The zero-order valence-corrected chi connectivity index (χ0v) is 20.5. The molecule has 3 aliphatic heterocycles. The molecule has 0 saturated carbocycles. The normalized spacial score (nSPS) is 19.7. The van der Waals surface area contributed by atoms with Crippen LogP contribution < -0.4 is 4.90 Å². The van der Waals surface area contributed by atoms with Gasteiger partial charge in [0, 0.05) is 66.3 Å². The lowest BCUT2D eigenvalue weighted by atomic mass is 9.79. The molecule has 6 rings (SSSR count). The van der Waals surface area contributed by atoms with Crippen LogP contribution in [0.25, 0.3) is 22.0 Å². The molecule has 1 aromatic carbocycles. The second kappa shape index (κ2) is 7.90. The summed E-state index contributed by atoms with van der Waals surface area (Å²) in [6.45, 7) is 10.9. The van der Waals surface area contributed by atoms with Crippen molar-refractivity contribution in [3.8, 4) is 17.2 Å². The molecule has 0 aliphatic carbocycles. The molecule has 2 fully saturated rings. The Morgan fingerprint density at radius 1 is 1.31 bits per heavy atom. The molecule has 184 valence electrons. The molecule has 36 heavy (non-hydrogen) atoms. The molecule has 3 aromatic rings. The van der Waals surface area contributed by atoms with E-state index in [0.717, 1.165) is 41.9 Å². The molecular formula is C28H28FN5O2. The van der Waals surface area contributed by atoms with Crippen LogP contribution in [0.4, 0.5) is 10.2 Å². The molecule has 8 heteroatoms. The highest BCUT2D eigenvalue weighted by Gasteiger charge is 2.49. The lowest BCUT2D eigenvalue weighted by Gasteiger charge is -2.47. The van der Waals surface area contributed by atoms with Gasteiger partial charge in [-0.2, -0.15) is 5.26 Å². The molecule has 7 nitrogen and oxygen atoms in total. The Labute approximate surface area is 209 Å². The Balaban J connectivity index is 1.48. The van der Waals surface area contributed by atoms with Crippen LogP contribution in [-0.2, 0) is 22.6 Å². The van der Waals surface area contributed by atoms with Gasteiger partial charge in [-0.3, -0.25) is 4.79 Å². The minimum Gasteiger partial charge on any atom is -0.370 e. The number of nitrogens with one attached hydrogen (secondary N) is 1. The van der Waals surface area contributed by atoms with Gasteiger partial charge in [0.2, 0.25) is 5.91 Å². The molecule has 0 bridgehead atoms. The molecule has 2 saturated heterocycles. The summed E-state index contributed by atoms with van der Waals surface area (Å²) in [5.74, 6) is 0.317. The lowest BCUT2D eigenvalue weighted by Crippen LogP contribution is -2.59. The fourth-order valence-electron chi connectivity index (χ4n) is 6.07. The molecule has 0 unspecified atom stereocenters. The van der Waals surface area contributed by atoms with Crippen molar-refractivity contribution in [1.29, 1.82) is 5.26 Å². The summed E-state index contributed by atoms with van der Waals surface area (Å²) in [4.78, 5) is 24.3. The van der Waals surface area contributed by atoms with Crippen LogP contribution in [0.1, 0.15) is 37.1 Å². The zero-order valence-electron chi connectivity index (χ0n) is 20.5. The first-order valence-corrected chi connectivity index (χ1v) is 12.3. The third-order valence-electron chi connectivity index (χ3n) is 7.89. The predicted octanol–water partition coefficient (Wildman–Crippen LogP) is 4.32. The van der Waals surface area contributed by atoms with Crippen LogP contribution in [-0.4, -0.2) is 52.6 Å². The molecule has 2 aromatic heterocycles. The smallest absolute Gasteiger partial charge is 0.245 e. The Bertz CT molecular complexity index is 1460. The van der Waals surface area contributed by atoms with Crippen molar-refractivity contribution in [2.45, 2.75) is 38.9 Å². The van der Waals surface area contributed by atoms with E-state index >= 15 is 0 Å². The molecule has 3 aliphatic rings. The summed E-state index contributed by atoms with van der Waals surface area (Å²) in [6.07, 6.45) is 4.62. The van der Waals surface area contributed by atoms with Crippen LogP contribution >= 0.6 is 0 Å². The number of nitrogens with zero attached hydrogens (tertiary/aromatic N) is 4. The van der Waals surface area contributed by atoms with Crippen LogP contribution in [0, 0.1) is 22.6 Å². The zero-order chi connectivity index (χ0) is 25.2. The lowest BCUT2D eigenvalue weighted by molar-refractivity contribution is -0.136. The first kappa shape index (κ1) is 22.7. The van der Waals surface area contributed by atoms with Crippen molar-refractivity contribution >= 4 is 22.6 Å². The summed E-state index contributed by atoms with van der Waals surface area (Å²) in [6, 6.07) is 7.35. The van der Waals surface area contributed by atoms with Crippen molar-refractivity contribution in [2.75, 3.05) is 31.1 Å². The van der Waals surface area contributed by atoms with Crippen molar-refractivity contribution in [1.82, 2.24) is 14.9 Å². The number of pyridine rings is 1. The van der Waals surface area contributed by atoms with E-state index in [9.17, 15) is 14.4 Å². The Morgan fingerprint density at radius 2 is 2.11 bits per heavy atom. The highest BCUT2D eigenvalue weighted by Crippen LogP contribution is 2.45. The second-order valence-corrected chi connectivity index (χ2v) is 10.9. The first-order chi connectivity index (χ1) is 17.2. The summed E-state index contributed by atoms with van der Waals surface area (Å²) < 4.78 is 20.7. The van der Waals surface area contributed by atoms with Crippen LogP contribution in [0.15, 0.2) is 37.1 Å². The molecular weight excluding hydrogens is 457 g/mol. The number of aromatic amines is 1. The summed E-state index contributed by atoms with van der Waals surface area (Å²) in [5.41, 5.74) is 4.11. The maximum Gasteiger partial charge on any atom is 0.245 e. The number of ether oxygens (including phenoxy) is 1. The number of hydrogen-bond acceptors (Lipinski definition) is 5. The van der Waals surface area contributed by atoms with Gasteiger partial charge in [-0.05, 0) is 44.5 Å². The average molecular weight is 486 g/mol. The standard InChI is InChI=1S/C28H28FN5O2/c1-4-23(35)34-15-28(16-34)8-10-33(14-28)26-19(12-30)24(20-13-36-27(2,3)11-22(20)32-26)18-5-6-21(29)17-7-9-31-25(17)18/h4-7,9,31H,1,8,10-11,13-16H2,2-3H3. The van der Waals surface area contributed by atoms with E-state index in [-0.39, 0.29) is 22.7 Å². The van der Waals surface area contributed by atoms with Gasteiger partial charge < -0.3 is 19.5 Å². The van der Waals surface area contributed by atoms with Crippen molar-refractivity contribution in [3.05, 3.63) is 59.7 Å². The molecule has 0 radical (unpaired) electrons. The minimum atomic E-state index is -0.376. The highest BCUT2D eigenvalue weighted by molar-refractivity contribution is 5.98. The SMILES string of the molecule is C=CC(=O)N1CC2(CCN(c3nc4c(c(-c5ccc(F)c6cc[nH]c56)c3C#N)COC(C)(C)C4)C2)C1. The number of fused-ring (bicyclic) bond motifs is 2. The van der Waals surface area contributed by atoms with Gasteiger partial charge in [-0.1, -0.05) is 6.58 Å². The monoisotopic (exact) mass is 485 g/mol. The number of amides is 1. The van der Waals surface area contributed by atoms with Crippen molar-refractivity contribution in [3.63, 3.8) is 0 Å². The number of carbonyl (C=O) groups is 1. The number of H-pyrrole nitrogens is 1. The van der Waals surface area contributed by atoms with Gasteiger partial charge in [0.05, 0.1) is 23.4 Å². The number of anilines is 1. The van der Waals surface area contributed by atoms with Gasteiger partial charge in [0.15, 0.2) is 0 Å². The van der Waals surface area contributed by atoms with Gasteiger partial charge in [-0.25, -0.2) is 9.37 Å². The van der Waals surface area contributed by atoms with E-state index < -0.39 is 0 Å². The Kier molecular flexibility index (Phi) is 4.99. The second-order valence-electron chi connectivity index (χ2n) is 10.9. The van der Waals surface area contributed by atoms with Gasteiger partial charge >= 0.3 is 0 Å². The minimum absolute atomic E-state index is 0.00806. The summed E-state index contributed by atoms with van der Waals surface area (Å²) in [7, 11) is 0. The van der Waals surface area contributed by atoms with Crippen molar-refractivity contribution < 1.29 is 13.9 Å². The molecule has 1 amide bonds. The van der Waals surface area contributed by atoms with Crippen LogP contribution in [0.5, 0.6) is 0 Å². The number of benzene rings is 1.